The number of rotatable bonds is 7. The molecule has 0 radical (unpaired) electrons. The minimum absolute atomic E-state index is 0. The fourth-order valence-electron chi connectivity index (χ4n) is 4.08. The van der Waals surface area contributed by atoms with Crippen LogP contribution in [0.4, 0.5) is 0 Å². The predicted octanol–water partition coefficient (Wildman–Crippen LogP) is 6.97. The van der Waals surface area contributed by atoms with Crippen LogP contribution in [0.25, 0.3) is 11.1 Å². The van der Waals surface area contributed by atoms with Crippen molar-refractivity contribution in [1.29, 1.82) is 0 Å². The summed E-state index contributed by atoms with van der Waals surface area (Å²) in [7, 11) is 0. The number of phenolic OH excluding ortho intramolecular Hbond substituents is 1. The van der Waals surface area contributed by atoms with Crippen LogP contribution < -0.4 is 4.74 Å². The van der Waals surface area contributed by atoms with Crippen LogP contribution in [0.1, 0.15) is 83.3 Å². The zero-order valence-corrected chi connectivity index (χ0v) is 17.7. The molecule has 0 aliphatic carbocycles. The van der Waals surface area contributed by atoms with Crippen LogP contribution in [0.2, 0.25) is 0 Å². The van der Waals surface area contributed by atoms with Crippen LogP contribution in [-0.4, -0.2) is 10.1 Å². The molecule has 0 bridgehead atoms. The number of hydrogen-bond acceptors (Lipinski definition) is 3. The molecule has 1 aliphatic heterocycles. The van der Waals surface area contributed by atoms with Gasteiger partial charge in [-0.1, -0.05) is 39.5 Å². The zero-order valence-electron chi connectivity index (χ0n) is 16.9. The molecule has 0 saturated heterocycles. The first kappa shape index (κ1) is 21.6. The number of aromatic nitrogens is 1. The Bertz CT molecular complexity index is 773. The molecule has 1 N–H and O–H groups in total. The maximum atomic E-state index is 10.8. The molecule has 1 aliphatic rings. The predicted molar refractivity (Wildman–Crippen MR) is 114 cm³/mol. The van der Waals surface area contributed by atoms with Crippen molar-refractivity contribution < 1.29 is 9.84 Å². The third kappa shape index (κ3) is 4.40. The van der Waals surface area contributed by atoms with E-state index in [9.17, 15) is 5.11 Å². The molecule has 2 heterocycles. The number of nitrogens with zero attached hydrogens (tertiary/aromatic N) is 1. The third-order valence-corrected chi connectivity index (χ3v) is 5.58. The summed E-state index contributed by atoms with van der Waals surface area (Å²) in [5.41, 5.74) is 3.56. The molecule has 4 heteroatoms. The number of unbranched alkanes of at least 4 members (excludes halogenated alkanes) is 3. The van der Waals surface area contributed by atoms with E-state index in [1.54, 1.807) is 6.20 Å². The summed E-state index contributed by atoms with van der Waals surface area (Å²) in [6.45, 7) is 8.61. The van der Waals surface area contributed by atoms with Crippen molar-refractivity contribution in [2.24, 2.45) is 0 Å². The number of fused-ring (bicyclic) bond motifs is 3. The van der Waals surface area contributed by atoms with Gasteiger partial charge in [-0.25, -0.2) is 0 Å². The Hall–Kier alpha value is -1.74. The van der Waals surface area contributed by atoms with Gasteiger partial charge in [0, 0.05) is 23.5 Å². The molecule has 148 valence electrons. The summed E-state index contributed by atoms with van der Waals surface area (Å²) in [6.07, 6.45) is 10.9. The van der Waals surface area contributed by atoms with E-state index in [2.05, 4.69) is 38.7 Å². The minimum Gasteiger partial charge on any atom is -0.507 e. The highest BCUT2D eigenvalue weighted by Gasteiger charge is 2.34. The molecular weight excluding hydrogens is 358 g/mol. The second kappa shape index (κ2) is 8.97. The molecule has 0 fully saturated rings. The van der Waals surface area contributed by atoms with Crippen LogP contribution in [0.15, 0.2) is 30.6 Å². The Kier molecular flexibility index (Phi) is 7.16. The first-order chi connectivity index (χ1) is 12.5. The number of ether oxygens (including phenoxy) is 1. The fraction of sp³-hybridized carbons (Fsp3) is 0.522. The normalized spacial score (nSPS) is 15.1. The van der Waals surface area contributed by atoms with Crippen LogP contribution in [-0.2, 0) is 5.60 Å². The fourth-order valence-corrected chi connectivity index (χ4v) is 4.08. The average Bonchev–Trinajstić information content (AvgIpc) is 2.61. The number of hydrogen-bond donors (Lipinski definition) is 1. The van der Waals surface area contributed by atoms with E-state index in [1.165, 1.54) is 31.2 Å². The molecule has 0 amide bonds. The Balaban J connectivity index is 0.00000261. The lowest BCUT2D eigenvalue weighted by Gasteiger charge is -2.35. The Morgan fingerprint density at radius 3 is 2.63 bits per heavy atom. The molecule has 1 unspecified atom stereocenters. The van der Waals surface area contributed by atoms with Gasteiger partial charge in [0.2, 0.25) is 0 Å². The number of benzene rings is 1. The molecule has 27 heavy (non-hydrogen) atoms. The highest BCUT2D eigenvalue weighted by molar-refractivity contribution is 5.85. The van der Waals surface area contributed by atoms with Crippen LogP contribution in [0, 0.1) is 0 Å². The lowest BCUT2D eigenvalue weighted by Crippen LogP contribution is -2.29. The monoisotopic (exact) mass is 389 g/mol. The standard InChI is InChI=1S/C23H31NO2.ClH/c1-5-7-8-9-10-16(6-2)17-13-20(25)22-18-15-24-12-11-19(18)23(3,4)26-21(22)14-17;/h11-16,25H,5-10H2,1-4H3;1H. The Morgan fingerprint density at radius 2 is 1.93 bits per heavy atom. The summed E-state index contributed by atoms with van der Waals surface area (Å²) in [4.78, 5) is 4.27. The third-order valence-electron chi connectivity index (χ3n) is 5.58. The van der Waals surface area contributed by atoms with E-state index in [-0.39, 0.29) is 12.4 Å². The van der Waals surface area contributed by atoms with Gasteiger partial charge in [0.1, 0.15) is 17.1 Å². The maximum absolute atomic E-state index is 10.8. The van der Waals surface area contributed by atoms with E-state index < -0.39 is 5.60 Å². The van der Waals surface area contributed by atoms with E-state index in [4.69, 9.17) is 4.74 Å². The van der Waals surface area contributed by atoms with Crippen molar-refractivity contribution in [1.82, 2.24) is 4.98 Å². The first-order valence-corrected chi connectivity index (χ1v) is 9.98. The van der Waals surface area contributed by atoms with E-state index in [1.807, 2.05) is 18.3 Å². The van der Waals surface area contributed by atoms with E-state index in [0.717, 1.165) is 35.3 Å². The summed E-state index contributed by atoms with van der Waals surface area (Å²) < 4.78 is 6.32. The molecular formula is C23H32ClNO2. The van der Waals surface area contributed by atoms with Gasteiger partial charge < -0.3 is 9.84 Å². The summed E-state index contributed by atoms with van der Waals surface area (Å²) >= 11 is 0. The SMILES string of the molecule is CCCCCCC(CC)c1cc(O)c2c(c1)OC(C)(C)c1ccncc1-2.Cl. The van der Waals surface area contributed by atoms with E-state index >= 15 is 0 Å². The van der Waals surface area contributed by atoms with Gasteiger partial charge in [-0.05, 0) is 56.4 Å². The minimum atomic E-state index is -0.431. The van der Waals surface area contributed by atoms with Crippen molar-refractivity contribution in [3.63, 3.8) is 0 Å². The van der Waals surface area contributed by atoms with Gasteiger partial charge in [0.25, 0.3) is 0 Å². The number of aromatic hydroxyl groups is 1. The zero-order chi connectivity index (χ0) is 18.7. The van der Waals surface area contributed by atoms with Crippen molar-refractivity contribution >= 4 is 12.4 Å². The Morgan fingerprint density at radius 1 is 1.15 bits per heavy atom. The van der Waals surface area contributed by atoms with Gasteiger partial charge >= 0.3 is 0 Å². The van der Waals surface area contributed by atoms with Crippen molar-refractivity contribution in [2.45, 2.75) is 77.7 Å². The van der Waals surface area contributed by atoms with Crippen LogP contribution in [0.3, 0.4) is 0 Å². The smallest absolute Gasteiger partial charge is 0.132 e. The molecule has 0 spiro atoms. The Labute approximate surface area is 169 Å². The highest BCUT2D eigenvalue weighted by atomic mass is 35.5. The summed E-state index contributed by atoms with van der Waals surface area (Å²) in [5.74, 6) is 1.54. The largest absolute Gasteiger partial charge is 0.507 e. The van der Waals surface area contributed by atoms with Gasteiger partial charge in [0.05, 0.1) is 5.56 Å². The molecule has 1 atom stereocenters. The second-order valence-corrected chi connectivity index (χ2v) is 7.90. The van der Waals surface area contributed by atoms with Crippen LogP contribution >= 0.6 is 12.4 Å². The van der Waals surface area contributed by atoms with Gasteiger partial charge in [-0.2, -0.15) is 0 Å². The molecule has 2 aromatic rings. The highest BCUT2D eigenvalue weighted by Crippen LogP contribution is 2.50. The van der Waals surface area contributed by atoms with Gasteiger partial charge in [0.15, 0.2) is 0 Å². The average molecular weight is 390 g/mol. The number of pyridine rings is 1. The second-order valence-electron chi connectivity index (χ2n) is 7.90. The maximum Gasteiger partial charge on any atom is 0.132 e. The lowest BCUT2D eigenvalue weighted by atomic mass is 9.84. The van der Waals surface area contributed by atoms with Crippen molar-refractivity contribution in [3.05, 3.63) is 41.7 Å². The van der Waals surface area contributed by atoms with Crippen LogP contribution in [0.5, 0.6) is 11.5 Å². The van der Waals surface area contributed by atoms with Gasteiger partial charge in [-0.15, -0.1) is 12.4 Å². The summed E-state index contributed by atoms with van der Waals surface area (Å²) in [5, 5.41) is 10.8. The molecule has 3 rings (SSSR count). The molecule has 1 aromatic heterocycles. The molecule has 1 aromatic carbocycles. The molecule has 3 nitrogen and oxygen atoms in total. The summed E-state index contributed by atoms with van der Waals surface area (Å²) in [6, 6.07) is 6.06. The topological polar surface area (TPSA) is 42.4 Å². The van der Waals surface area contributed by atoms with E-state index in [0.29, 0.717) is 11.7 Å². The number of phenols is 1. The van der Waals surface area contributed by atoms with Crippen molar-refractivity contribution in [3.8, 4) is 22.6 Å². The quantitative estimate of drug-likeness (QED) is 0.520. The van der Waals surface area contributed by atoms with Crippen molar-refractivity contribution in [2.75, 3.05) is 0 Å². The first-order valence-electron chi connectivity index (χ1n) is 9.98. The lowest BCUT2D eigenvalue weighted by molar-refractivity contribution is 0.105. The van der Waals surface area contributed by atoms with Gasteiger partial charge in [-0.3, -0.25) is 4.98 Å². The molecule has 0 saturated carbocycles. The number of halogens is 1.